The summed E-state index contributed by atoms with van der Waals surface area (Å²) in [5.74, 6) is 0.730. The third kappa shape index (κ3) is 6.68. The minimum Gasteiger partial charge on any atom is -0.411 e. The van der Waals surface area contributed by atoms with Crippen LogP contribution in [0.15, 0.2) is 0 Å². The van der Waals surface area contributed by atoms with Crippen LogP contribution in [0.25, 0.3) is 0 Å². The molecule has 0 radical (unpaired) electrons. The van der Waals surface area contributed by atoms with E-state index >= 15 is 0 Å². The van der Waals surface area contributed by atoms with Gasteiger partial charge in [0.05, 0.1) is 0 Å². The van der Waals surface area contributed by atoms with Crippen LogP contribution in [0.4, 0.5) is 0 Å². The lowest BCUT2D eigenvalue weighted by molar-refractivity contribution is 0.211. The van der Waals surface area contributed by atoms with Crippen LogP contribution in [-0.4, -0.2) is 20.3 Å². The van der Waals surface area contributed by atoms with Crippen LogP contribution in [-0.2, 0) is 9.31 Å². The van der Waals surface area contributed by atoms with Gasteiger partial charge in [0.15, 0.2) is 0 Å². The quantitative estimate of drug-likeness (QED) is 0.549. The van der Waals surface area contributed by atoms with Gasteiger partial charge in [0.1, 0.15) is 0 Å². The fourth-order valence-corrected chi connectivity index (χ4v) is 1.06. The van der Waals surface area contributed by atoms with E-state index in [2.05, 4.69) is 13.8 Å². The normalized spacial score (nSPS) is 10.8. The molecule has 3 heteroatoms. The molecule has 0 atom stereocenters. The van der Waals surface area contributed by atoms with Gasteiger partial charge >= 0.3 is 7.12 Å². The second-order valence-corrected chi connectivity index (χ2v) is 3.31. The van der Waals surface area contributed by atoms with Gasteiger partial charge in [-0.1, -0.05) is 20.3 Å². The van der Waals surface area contributed by atoms with Crippen LogP contribution in [0.3, 0.4) is 0 Å². The van der Waals surface area contributed by atoms with Crippen LogP contribution in [0.1, 0.15) is 34.1 Å². The van der Waals surface area contributed by atoms with E-state index in [1.54, 1.807) is 0 Å². The topological polar surface area (TPSA) is 18.5 Å². The molecule has 0 N–H and O–H groups in total. The SMILES string of the molecule is CCOB(CCC(C)C)OCC. The molecule has 0 rings (SSSR count). The molecule has 0 fully saturated rings. The van der Waals surface area contributed by atoms with Crippen molar-refractivity contribution < 1.29 is 9.31 Å². The van der Waals surface area contributed by atoms with Gasteiger partial charge < -0.3 is 9.31 Å². The van der Waals surface area contributed by atoms with Crippen LogP contribution in [0.5, 0.6) is 0 Å². The largest absolute Gasteiger partial charge is 0.456 e. The molecule has 12 heavy (non-hydrogen) atoms. The molecule has 0 aliphatic carbocycles. The molecular formula is C9H21BO2. The lowest BCUT2D eigenvalue weighted by Crippen LogP contribution is -2.23. The zero-order chi connectivity index (χ0) is 9.40. The molecule has 0 aromatic rings. The highest BCUT2D eigenvalue weighted by Crippen LogP contribution is 2.08. The van der Waals surface area contributed by atoms with E-state index in [1.807, 2.05) is 13.8 Å². The van der Waals surface area contributed by atoms with E-state index < -0.39 is 0 Å². The average molecular weight is 172 g/mol. The van der Waals surface area contributed by atoms with Gasteiger partial charge in [-0.3, -0.25) is 0 Å². The Kier molecular flexibility index (Phi) is 7.62. The summed E-state index contributed by atoms with van der Waals surface area (Å²) in [5, 5.41) is 0. The Bertz CT molecular complexity index is 90.5. The summed E-state index contributed by atoms with van der Waals surface area (Å²) in [7, 11) is 0.0161. The Balaban J connectivity index is 3.48. The fraction of sp³-hybridized carbons (Fsp3) is 1.00. The second kappa shape index (κ2) is 7.62. The highest BCUT2D eigenvalue weighted by Gasteiger charge is 2.16. The summed E-state index contributed by atoms with van der Waals surface area (Å²) in [5.41, 5.74) is 0. The standard InChI is InChI=1S/C9H21BO2/c1-5-11-10(12-6-2)8-7-9(3)4/h9H,5-8H2,1-4H3. The predicted octanol–water partition coefficient (Wildman–Crippen LogP) is 2.59. The zero-order valence-corrected chi connectivity index (χ0v) is 8.80. The van der Waals surface area contributed by atoms with Crippen molar-refractivity contribution in [1.82, 2.24) is 0 Å². The molecule has 0 bridgehead atoms. The third-order valence-electron chi connectivity index (χ3n) is 1.68. The van der Waals surface area contributed by atoms with Crippen molar-refractivity contribution in [1.29, 1.82) is 0 Å². The summed E-state index contributed by atoms with van der Waals surface area (Å²) >= 11 is 0. The van der Waals surface area contributed by atoms with E-state index in [4.69, 9.17) is 9.31 Å². The number of hydrogen-bond acceptors (Lipinski definition) is 2. The molecule has 0 aromatic heterocycles. The Hall–Kier alpha value is -0.0151. The summed E-state index contributed by atoms with van der Waals surface area (Å²) in [4.78, 5) is 0. The second-order valence-electron chi connectivity index (χ2n) is 3.31. The Labute approximate surface area is 76.8 Å². The van der Waals surface area contributed by atoms with Crippen molar-refractivity contribution in [3.05, 3.63) is 0 Å². The molecule has 0 aliphatic heterocycles. The van der Waals surface area contributed by atoms with Crippen LogP contribution in [0.2, 0.25) is 6.32 Å². The molecular weight excluding hydrogens is 151 g/mol. The molecule has 0 heterocycles. The third-order valence-corrected chi connectivity index (χ3v) is 1.68. The Morgan fingerprint density at radius 1 is 1.08 bits per heavy atom. The molecule has 0 aliphatic rings. The molecule has 0 amide bonds. The molecule has 0 saturated carbocycles. The van der Waals surface area contributed by atoms with E-state index in [1.165, 1.54) is 6.42 Å². The van der Waals surface area contributed by atoms with Crippen LogP contribution < -0.4 is 0 Å². The first-order valence-electron chi connectivity index (χ1n) is 4.93. The maximum Gasteiger partial charge on any atom is 0.456 e. The molecule has 2 nitrogen and oxygen atoms in total. The van der Waals surface area contributed by atoms with Gasteiger partial charge in [-0.25, -0.2) is 0 Å². The van der Waals surface area contributed by atoms with Crippen LogP contribution in [0, 0.1) is 5.92 Å². The zero-order valence-electron chi connectivity index (χ0n) is 8.80. The van der Waals surface area contributed by atoms with Crippen molar-refractivity contribution >= 4 is 7.12 Å². The first kappa shape index (κ1) is 12.0. The van der Waals surface area contributed by atoms with Gasteiger partial charge in [0.25, 0.3) is 0 Å². The highest BCUT2D eigenvalue weighted by atomic mass is 16.6. The maximum absolute atomic E-state index is 5.41. The van der Waals surface area contributed by atoms with Gasteiger partial charge in [0, 0.05) is 13.2 Å². The van der Waals surface area contributed by atoms with Crippen LogP contribution >= 0.6 is 0 Å². The van der Waals surface area contributed by atoms with Gasteiger partial charge in [-0.2, -0.15) is 0 Å². The predicted molar refractivity (Wildman–Crippen MR) is 53.3 cm³/mol. The molecule has 0 saturated heterocycles. The Morgan fingerprint density at radius 3 is 1.92 bits per heavy atom. The number of rotatable bonds is 7. The lowest BCUT2D eigenvalue weighted by atomic mass is 9.80. The van der Waals surface area contributed by atoms with E-state index in [0.717, 1.165) is 25.5 Å². The molecule has 72 valence electrons. The van der Waals surface area contributed by atoms with Crippen molar-refractivity contribution in [3.63, 3.8) is 0 Å². The van der Waals surface area contributed by atoms with E-state index in [-0.39, 0.29) is 7.12 Å². The minimum atomic E-state index is 0.0161. The summed E-state index contributed by atoms with van der Waals surface area (Å²) in [6, 6.07) is 0. The Morgan fingerprint density at radius 2 is 1.58 bits per heavy atom. The first-order chi connectivity index (χ1) is 5.70. The van der Waals surface area contributed by atoms with E-state index in [9.17, 15) is 0 Å². The van der Waals surface area contributed by atoms with Gasteiger partial charge in [0.2, 0.25) is 0 Å². The summed E-state index contributed by atoms with van der Waals surface area (Å²) < 4.78 is 10.8. The number of hydrogen-bond donors (Lipinski definition) is 0. The van der Waals surface area contributed by atoms with Crippen molar-refractivity contribution in [2.24, 2.45) is 5.92 Å². The summed E-state index contributed by atoms with van der Waals surface area (Å²) in [6.45, 7) is 9.91. The van der Waals surface area contributed by atoms with Gasteiger partial charge in [-0.05, 0) is 26.1 Å². The van der Waals surface area contributed by atoms with Crippen molar-refractivity contribution in [2.45, 2.75) is 40.4 Å². The monoisotopic (exact) mass is 172 g/mol. The van der Waals surface area contributed by atoms with Crippen molar-refractivity contribution in [2.75, 3.05) is 13.2 Å². The van der Waals surface area contributed by atoms with Crippen molar-refractivity contribution in [3.8, 4) is 0 Å². The maximum atomic E-state index is 5.41. The lowest BCUT2D eigenvalue weighted by Gasteiger charge is -2.13. The summed E-state index contributed by atoms with van der Waals surface area (Å²) in [6.07, 6.45) is 2.18. The first-order valence-corrected chi connectivity index (χ1v) is 4.93. The van der Waals surface area contributed by atoms with Gasteiger partial charge in [-0.15, -0.1) is 0 Å². The van der Waals surface area contributed by atoms with E-state index in [0.29, 0.717) is 0 Å². The fourth-order valence-electron chi connectivity index (χ4n) is 1.06. The average Bonchev–Trinajstić information content (AvgIpc) is 2.01. The highest BCUT2D eigenvalue weighted by molar-refractivity contribution is 6.44. The molecule has 0 unspecified atom stereocenters. The molecule has 0 spiro atoms. The smallest absolute Gasteiger partial charge is 0.411 e. The molecule has 0 aromatic carbocycles. The minimum absolute atomic E-state index is 0.0161.